The molecule has 346 valence electrons. The Morgan fingerprint density at radius 3 is 2.33 bits per heavy atom. The number of ether oxygens (including phenoxy) is 2. The molecule has 0 radical (unpaired) electrons. The molecule has 0 aliphatic carbocycles. The molecule has 16 nitrogen and oxygen atoms in total. The molecule has 0 spiro atoms. The second-order valence-corrected chi connectivity index (χ2v) is 16.6. The highest BCUT2D eigenvalue weighted by atomic mass is 35.5. The summed E-state index contributed by atoms with van der Waals surface area (Å²) in [6, 6.07) is 18.6. The predicted molar refractivity (Wildman–Crippen MR) is 247 cm³/mol. The fourth-order valence-corrected chi connectivity index (χ4v) is 7.58. The number of imidazole rings is 1. The molecule has 17 heteroatoms. The first-order chi connectivity index (χ1) is 31.6. The molecule has 0 unspecified atom stereocenters. The Bertz CT molecular complexity index is 2530. The number of aromatic nitrogens is 2. The third-order valence-electron chi connectivity index (χ3n) is 11.4. The van der Waals surface area contributed by atoms with Crippen molar-refractivity contribution in [3.05, 3.63) is 125 Å². The first-order valence-corrected chi connectivity index (χ1v) is 22.0. The van der Waals surface area contributed by atoms with E-state index in [9.17, 15) is 33.9 Å². The second-order valence-electron chi connectivity index (χ2n) is 16.2. The molecule has 4 amide bonds. The summed E-state index contributed by atoms with van der Waals surface area (Å²) in [6.45, 7) is 5.08. The van der Waals surface area contributed by atoms with E-state index >= 15 is 0 Å². The van der Waals surface area contributed by atoms with E-state index in [1.165, 1.54) is 38.8 Å². The van der Waals surface area contributed by atoms with Gasteiger partial charge in [-0.1, -0.05) is 48.0 Å². The van der Waals surface area contributed by atoms with E-state index in [0.29, 0.717) is 59.0 Å². The number of rotatable bonds is 16. The second kappa shape index (κ2) is 22.2. The number of unbranched alkanes of at least 4 members (excludes halogenated alkanes) is 1. The van der Waals surface area contributed by atoms with Crippen LogP contribution in [-0.2, 0) is 41.7 Å². The number of amides is 4. The van der Waals surface area contributed by atoms with Gasteiger partial charge in [-0.15, -0.1) is 0 Å². The molecule has 4 aromatic carbocycles. The van der Waals surface area contributed by atoms with Gasteiger partial charge in [-0.3, -0.25) is 24.0 Å². The number of phenols is 1. The van der Waals surface area contributed by atoms with Crippen LogP contribution in [0.3, 0.4) is 0 Å². The Balaban J connectivity index is 1.38. The summed E-state index contributed by atoms with van der Waals surface area (Å²) in [5, 5.41) is 20.3. The lowest BCUT2D eigenvalue weighted by Gasteiger charge is -2.32. The first-order valence-electron chi connectivity index (χ1n) is 21.6. The summed E-state index contributed by atoms with van der Waals surface area (Å²) < 4.78 is 13.5. The molecule has 5 atom stereocenters. The van der Waals surface area contributed by atoms with E-state index < -0.39 is 65.7 Å². The predicted octanol–water partition coefficient (Wildman–Crippen LogP) is 5.15. The van der Waals surface area contributed by atoms with Crippen LogP contribution in [0.5, 0.6) is 11.5 Å². The number of hydrogen-bond donors (Lipinski definition) is 5. The van der Waals surface area contributed by atoms with Gasteiger partial charge in [0.1, 0.15) is 42.3 Å². The lowest BCUT2D eigenvalue weighted by atomic mass is 9.93. The average Bonchev–Trinajstić information content (AvgIpc) is 3.83. The van der Waals surface area contributed by atoms with Crippen LogP contribution in [0, 0.1) is 0 Å². The molecule has 0 fully saturated rings. The van der Waals surface area contributed by atoms with Crippen LogP contribution in [-0.4, -0.2) is 99.4 Å². The van der Waals surface area contributed by atoms with Gasteiger partial charge >= 0.3 is 5.97 Å². The number of nitrogens with zero attached hydrogens (tertiary/aromatic N) is 3. The molecular formula is C49H54ClN7O9. The highest BCUT2D eigenvalue weighted by molar-refractivity contribution is 6.30. The maximum atomic E-state index is 14.8. The number of fused-ring (bicyclic) bond motifs is 5. The van der Waals surface area contributed by atoms with E-state index in [1.54, 1.807) is 85.5 Å². The molecular weight excluding hydrogens is 866 g/mol. The number of nitrogens with one attached hydrogen (secondary N) is 3. The number of esters is 1. The third-order valence-corrected chi connectivity index (χ3v) is 11.6. The highest BCUT2D eigenvalue weighted by Gasteiger charge is 2.36. The van der Waals surface area contributed by atoms with E-state index in [1.807, 2.05) is 16.7 Å². The largest absolute Gasteiger partial charge is 0.507 e. The lowest BCUT2D eigenvalue weighted by molar-refractivity contribution is -0.156. The number of hydrogen-bond acceptors (Lipinski definition) is 11. The van der Waals surface area contributed by atoms with Gasteiger partial charge in [0.25, 0.3) is 5.91 Å². The van der Waals surface area contributed by atoms with Crippen molar-refractivity contribution in [2.24, 2.45) is 5.73 Å². The van der Waals surface area contributed by atoms with E-state index in [0.717, 1.165) is 11.1 Å². The summed E-state index contributed by atoms with van der Waals surface area (Å²) in [7, 11) is 1.43. The summed E-state index contributed by atoms with van der Waals surface area (Å²) in [5.41, 5.74) is 9.29. The summed E-state index contributed by atoms with van der Waals surface area (Å²) >= 11 is 6.07. The van der Waals surface area contributed by atoms with Crippen molar-refractivity contribution in [2.75, 3.05) is 20.2 Å². The highest BCUT2D eigenvalue weighted by Crippen LogP contribution is 2.40. The molecule has 5 aromatic rings. The molecule has 1 aromatic heterocycles. The minimum absolute atomic E-state index is 0.108. The average molecular weight is 920 g/mol. The quantitative estimate of drug-likeness (QED) is 0.0643. The molecule has 1 aliphatic rings. The normalized spacial score (nSPS) is 17.0. The number of carbonyl (C=O) groups is 6. The van der Waals surface area contributed by atoms with Crippen LogP contribution < -0.4 is 26.4 Å². The SMILES string of the molecule is CC(=O)[C@H](C)OC(=O)[C@@H]1Cc2ccc(O)c(c2)-c2cc(ccc2OCCn2ccnc2)[C@H](N(C)C(=O)[C@H](CCCCN)NC(=O)c2ccc(-c3ccc(Cl)cc3)cc2)C(=O)N[C@@H](C)C(=O)N1. The Morgan fingerprint density at radius 2 is 1.67 bits per heavy atom. The zero-order valence-corrected chi connectivity index (χ0v) is 37.9. The van der Waals surface area contributed by atoms with Gasteiger partial charge in [0, 0.05) is 47.6 Å². The number of phenolic OH excluding ortho intramolecular Hbond substituents is 1. The summed E-state index contributed by atoms with van der Waals surface area (Å²) in [6.07, 6.45) is 5.09. The Hall–Kier alpha value is -7.04. The molecule has 4 bridgehead atoms. The smallest absolute Gasteiger partial charge is 0.329 e. The fourth-order valence-electron chi connectivity index (χ4n) is 7.45. The molecule has 2 heterocycles. The molecule has 0 saturated heterocycles. The topological polar surface area (TPSA) is 224 Å². The zero-order valence-electron chi connectivity index (χ0n) is 37.2. The van der Waals surface area contributed by atoms with Gasteiger partial charge < -0.3 is 45.7 Å². The van der Waals surface area contributed by atoms with Crippen LogP contribution in [0.1, 0.15) is 67.6 Å². The van der Waals surface area contributed by atoms with Crippen molar-refractivity contribution in [1.29, 1.82) is 0 Å². The van der Waals surface area contributed by atoms with E-state index in [-0.39, 0.29) is 30.8 Å². The maximum Gasteiger partial charge on any atom is 0.329 e. The number of aromatic hydroxyl groups is 1. The van der Waals surface area contributed by atoms with Crippen LogP contribution in [0.4, 0.5) is 0 Å². The summed E-state index contributed by atoms with van der Waals surface area (Å²) in [4.78, 5) is 87.9. The van der Waals surface area contributed by atoms with Crippen molar-refractivity contribution in [3.8, 4) is 33.8 Å². The van der Waals surface area contributed by atoms with Crippen molar-refractivity contribution in [3.63, 3.8) is 0 Å². The minimum atomic E-state index is -1.41. The van der Waals surface area contributed by atoms with Crippen LogP contribution in [0.15, 0.2) is 104 Å². The van der Waals surface area contributed by atoms with Crippen LogP contribution in [0.25, 0.3) is 22.3 Å². The number of carbonyl (C=O) groups excluding carboxylic acids is 6. The van der Waals surface area contributed by atoms with Crippen molar-refractivity contribution in [2.45, 2.75) is 83.3 Å². The first kappa shape index (κ1) is 48.4. The van der Waals surface area contributed by atoms with Gasteiger partial charge in [0.05, 0.1) is 12.9 Å². The number of Topliss-reactive ketones (excluding diaryl/α,β-unsaturated/α-hetero) is 1. The number of likely N-dealkylation sites (N-methyl/N-ethyl adjacent to an activating group) is 1. The zero-order chi connectivity index (χ0) is 47.5. The van der Waals surface area contributed by atoms with E-state index in [2.05, 4.69) is 20.9 Å². The number of halogens is 1. The lowest BCUT2D eigenvalue weighted by Crippen LogP contribution is -2.55. The number of benzene rings is 4. The van der Waals surface area contributed by atoms with Gasteiger partial charge in [-0.05, 0) is 117 Å². The molecule has 66 heavy (non-hydrogen) atoms. The standard InChI is InChI=1S/C49H54ClN7O9/c1-29-45(60)55-41(49(64)66-31(3)30(2)58)26-32-8-18-42(59)38(25-32)39-27-36(15-19-43(39)65-24-23-57-22-21-52-28-57)44(47(62)53-29)56(4)48(63)40(7-5-6-20-51)54-46(61)35-11-9-33(10-12-35)34-13-16-37(50)17-14-34/h8-19,21-22,25,27-29,31,40-41,44,59H,5-7,20,23-24,26,51H2,1-4H3,(H,53,62)(H,54,61)(H,55,60)/t29-,31-,40-,41-,44-/m0/s1. The molecule has 0 saturated carbocycles. The minimum Gasteiger partial charge on any atom is -0.507 e. The van der Waals surface area contributed by atoms with Crippen LogP contribution in [0.2, 0.25) is 5.02 Å². The number of nitrogens with two attached hydrogens (primary N) is 1. The Morgan fingerprint density at radius 1 is 0.955 bits per heavy atom. The molecule has 6 N–H and O–H groups in total. The Kier molecular flexibility index (Phi) is 16.3. The monoisotopic (exact) mass is 919 g/mol. The number of ketones is 1. The van der Waals surface area contributed by atoms with Crippen LogP contribution >= 0.6 is 11.6 Å². The van der Waals surface area contributed by atoms with Gasteiger partial charge in [0.2, 0.25) is 17.7 Å². The maximum absolute atomic E-state index is 14.8. The fraction of sp³-hybridized carbons (Fsp3) is 0.327. The van der Waals surface area contributed by atoms with Gasteiger partial charge in [-0.2, -0.15) is 0 Å². The van der Waals surface area contributed by atoms with Crippen molar-refractivity contribution >= 4 is 47.0 Å². The van der Waals surface area contributed by atoms with E-state index in [4.69, 9.17) is 26.8 Å². The van der Waals surface area contributed by atoms with Crippen molar-refractivity contribution in [1.82, 2.24) is 30.4 Å². The van der Waals surface area contributed by atoms with Gasteiger partial charge in [-0.25, -0.2) is 9.78 Å². The molecule has 1 aliphatic heterocycles. The Labute approximate surface area is 387 Å². The van der Waals surface area contributed by atoms with Gasteiger partial charge in [0.15, 0.2) is 11.9 Å². The summed E-state index contributed by atoms with van der Waals surface area (Å²) in [5.74, 6) is -3.77. The van der Waals surface area contributed by atoms with Crippen molar-refractivity contribution < 1.29 is 43.3 Å². The third kappa shape index (κ3) is 12.2. The molecule has 6 rings (SSSR count).